The van der Waals surface area contributed by atoms with Crippen LogP contribution in [0.1, 0.15) is 29.6 Å². The number of nitrogens with zero attached hydrogens (tertiary/aromatic N) is 5. The van der Waals surface area contributed by atoms with Gasteiger partial charge in [0.2, 0.25) is 5.82 Å². The zero-order chi connectivity index (χ0) is 23.7. The summed E-state index contributed by atoms with van der Waals surface area (Å²) in [6.07, 6.45) is 0.497. The van der Waals surface area contributed by atoms with E-state index in [0.717, 1.165) is 34.6 Å². The van der Waals surface area contributed by atoms with Crippen LogP contribution in [0, 0.1) is 6.92 Å². The van der Waals surface area contributed by atoms with Gasteiger partial charge in [0.25, 0.3) is 5.89 Å². The van der Waals surface area contributed by atoms with E-state index in [1.165, 1.54) is 0 Å². The molecule has 0 aliphatic carbocycles. The minimum absolute atomic E-state index is 0.239. The molecule has 0 radical (unpaired) electrons. The normalized spacial score (nSPS) is 13.1. The Morgan fingerprint density at radius 3 is 2.74 bits per heavy atom. The maximum absolute atomic E-state index is 12.6. The van der Waals surface area contributed by atoms with Crippen molar-refractivity contribution in [3.05, 3.63) is 76.2 Å². The first kappa shape index (κ1) is 22.2. The first-order valence-electron chi connectivity index (χ1n) is 11.2. The molecule has 0 fully saturated rings. The molecule has 0 atom stereocenters. The lowest BCUT2D eigenvalue weighted by molar-refractivity contribution is 0.0860. The van der Waals surface area contributed by atoms with Gasteiger partial charge >= 0.3 is 6.09 Å². The third-order valence-corrected chi connectivity index (χ3v) is 6.36. The molecule has 1 aliphatic heterocycles. The van der Waals surface area contributed by atoms with Gasteiger partial charge < -0.3 is 13.8 Å². The van der Waals surface area contributed by atoms with Gasteiger partial charge in [-0.1, -0.05) is 66.1 Å². The first-order valence-corrected chi connectivity index (χ1v) is 11.6. The van der Waals surface area contributed by atoms with Gasteiger partial charge in [0, 0.05) is 29.4 Å². The van der Waals surface area contributed by atoms with Crippen LogP contribution < -0.4 is 0 Å². The summed E-state index contributed by atoms with van der Waals surface area (Å²) < 4.78 is 13.1. The Hall–Kier alpha value is -3.65. The molecular weight excluding hydrogens is 454 g/mol. The summed E-state index contributed by atoms with van der Waals surface area (Å²) in [7, 11) is 0. The van der Waals surface area contributed by atoms with E-state index < -0.39 is 0 Å². The highest BCUT2D eigenvalue weighted by molar-refractivity contribution is 6.31. The minimum atomic E-state index is -0.357. The number of amides is 1. The topological polar surface area (TPSA) is 86.3 Å². The molecule has 0 spiro atoms. The fraction of sp³-hybridized carbons (Fsp3) is 0.280. The number of hydrogen-bond acceptors (Lipinski definition) is 6. The molecule has 174 valence electrons. The van der Waals surface area contributed by atoms with Crippen LogP contribution >= 0.6 is 11.6 Å². The van der Waals surface area contributed by atoms with E-state index in [1.54, 1.807) is 4.90 Å². The zero-order valence-electron chi connectivity index (χ0n) is 19.0. The lowest BCUT2D eigenvalue weighted by Crippen LogP contribution is -2.38. The molecule has 0 saturated heterocycles. The quantitative estimate of drug-likeness (QED) is 0.389. The zero-order valence-corrected chi connectivity index (χ0v) is 19.7. The molecule has 34 heavy (non-hydrogen) atoms. The molecule has 5 rings (SSSR count). The largest absolute Gasteiger partial charge is 0.445 e. The van der Waals surface area contributed by atoms with E-state index in [-0.39, 0.29) is 12.7 Å². The Kier molecular flexibility index (Phi) is 6.06. The Morgan fingerprint density at radius 1 is 1.15 bits per heavy atom. The Morgan fingerprint density at radius 2 is 1.97 bits per heavy atom. The van der Waals surface area contributed by atoms with Crippen molar-refractivity contribution in [2.45, 2.75) is 40.0 Å². The lowest BCUT2D eigenvalue weighted by Gasteiger charge is -2.27. The maximum Gasteiger partial charge on any atom is 0.410 e. The van der Waals surface area contributed by atoms with Gasteiger partial charge in [-0.3, -0.25) is 4.90 Å². The number of ether oxygens (including phenoxy) is 1. The van der Waals surface area contributed by atoms with Crippen LogP contribution in [0.25, 0.3) is 23.0 Å². The number of aromatic nitrogens is 4. The second-order valence-corrected chi connectivity index (χ2v) is 8.57. The van der Waals surface area contributed by atoms with E-state index in [2.05, 4.69) is 21.6 Å². The number of aryl methyl sites for hydroxylation is 1. The Labute approximate surface area is 202 Å². The van der Waals surface area contributed by atoms with Crippen molar-refractivity contribution in [2.75, 3.05) is 6.54 Å². The van der Waals surface area contributed by atoms with Gasteiger partial charge in [-0.25, -0.2) is 9.78 Å². The van der Waals surface area contributed by atoms with Gasteiger partial charge in [-0.05, 0) is 30.5 Å². The summed E-state index contributed by atoms with van der Waals surface area (Å²) in [6.45, 7) is 5.76. The van der Waals surface area contributed by atoms with Crippen LogP contribution in [0.15, 0.2) is 53.1 Å². The smallest absolute Gasteiger partial charge is 0.410 e. The standard InChI is InChI=1S/C25H24ClN5O3/c1-3-18-9-10-19(13-20(18)26)23-28-24(34-29-23)22-16(2)31-12-11-30(14-21(31)27-22)25(32)33-15-17-7-5-4-6-8-17/h4-10,13H,3,11-12,14-15H2,1-2H3. The second kappa shape index (κ2) is 9.30. The van der Waals surface area contributed by atoms with Gasteiger partial charge in [0.05, 0.1) is 6.54 Å². The second-order valence-electron chi connectivity index (χ2n) is 8.16. The average Bonchev–Trinajstić information content (AvgIpc) is 3.48. The van der Waals surface area contributed by atoms with Crippen molar-refractivity contribution in [3.63, 3.8) is 0 Å². The predicted octanol–water partition coefficient (Wildman–Crippen LogP) is 5.28. The minimum Gasteiger partial charge on any atom is -0.445 e. The highest BCUT2D eigenvalue weighted by Gasteiger charge is 2.28. The Balaban J connectivity index is 1.31. The average molecular weight is 478 g/mol. The van der Waals surface area contributed by atoms with E-state index in [0.29, 0.717) is 42.1 Å². The molecule has 2 aromatic carbocycles. The van der Waals surface area contributed by atoms with Crippen molar-refractivity contribution in [2.24, 2.45) is 0 Å². The SMILES string of the molecule is CCc1ccc(-c2noc(-c3nc4n(c3C)CCN(C(=O)OCc3ccccc3)C4)n2)cc1Cl. The summed E-state index contributed by atoms with van der Waals surface area (Å²) in [5.74, 6) is 1.55. The third-order valence-electron chi connectivity index (χ3n) is 6.01. The summed E-state index contributed by atoms with van der Waals surface area (Å²) in [5.41, 5.74) is 4.33. The van der Waals surface area contributed by atoms with Gasteiger partial charge in [0.1, 0.15) is 18.1 Å². The number of carbonyl (C=O) groups excluding carboxylic acids is 1. The monoisotopic (exact) mass is 477 g/mol. The fourth-order valence-corrected chi connectivity index (χ4v) is 4.37. The number of benzene rings is 2. The van der Waals surface area contributed by atoms with Crippen LogP contribution in [0.5, 0.6) is 0 Å². The molecule has 0 bridgehead atoms. The fourth-order valence-electron chi connectivity index (χ4n) is 4.06. The van der Waals surface area contributed by atoms with Crippen LogP contribution in [0.2, 0.25) is 5.02 Å². The molecule has 4 aromatic rings. The molecule has 0 unspecified atom stereocenters. The van der Waals surface area contributed by atoms with Gasteiger partial charge in [-0.2, -0.15) is 4.98 Å². The number of carbonyl (C=O) groups is 1. The van der Waals surface area contributed by atoms with Crippen molar-refractivity contribution in [1.29, 1.82) is 0 Å². The van der Waals surface area contributed by atoms with Crippen LogP contribution in [0.3, 0.4) is 0 Å². The number of hydrogen-bond donors (Lipinski definition) is 0. The maximum atomic E-state index is 12.6. The molecule has 0 N–H and O–H groups in total. The number of imidazole rings is 1. The Bertz CT molecular complexity index is 1330. The predicted molar refractivity (Wildman–Crippen MR) is 127 cm³/mol. The summed E-state index contributed by atoms with van der Waals surface area (Å²) in [6, 6.07) is 15.4. The molecule has 1 aliphatic rings. The van der Waals surface area contributed by atoms with Crippen LogP contribution in [-0.4, -0.2) is 37.2 Å². The van der Waals surface area contributed by atoms with Crippen molar-refractivity contribution in [1.82, 2.24) is 24.6 Å². The van der Waals surface area contributed by atoms with Crippen molar-refractivity contribution in [3.8, 4) is 23.0 Å². The van der Waals surface area contributed by atoms with Crippen molar-refractivity contribution < 1.29 is 14.1 Å². The van der Waals surface area contributed by atoms with E-state index >= 15 is 0 Å². The molecule has 0 saturated carbocycles. The van der Waals surface area contributed by atoms with Crippen LogP contribution in [-0.2, 0) is 30.9 Å². The molecule has 9 heteroatoms. The molecular formula is C25H24ClN5O3. The van der Waals surface area contributed by atoms with Crippen molar-refractivity contribution >= 4 is 17.7 Å². The van der Waals surface area contributed by atoms with Crippen LogP contribution in [0.4, 0.5) is 4.79 Å². The number of halogens is 1. The van der Waals surface area contributed by atoms with E-state index in [4.69, 9.17) is 25.8 Å². The first-order chi connectivity index (χ1) is 16.5. The number of rotatable bonds is 5. The summed E-state index contributed by atoms with van der Waals surface area (Å²) in [4.78, 5) is 23.5. The summed E-state index contributed by atoms with van der Waals surface area (Å²) >= 11 is 6.35. The van der Waals surface area contributed by atoms with Gasteiger partial charge in [0.15, 0.2) is 0 Å². The lowest BCUT2D eigenvalue weighted by atomic mass is 10.1. The van der Waals surface area contributed by atoms with E-state index in [1.807, 2.05) is 55.5 Å². The van der Waals surface area contributed by atoms with E-state index in [9.17, 15) is 4.79 Å². The summed E-state index contributed by atoms with van der Waals surface area (Å²) in [5, 5.41) is 4.80. The van der Waals surface area contributed by atoms with Gasteiger partial charge in [-0.15, -0.1) is 0 Å². The third kappa shape index (κ3) is 4.28. The highest BCUT2D eigenvalue weighted by Crippen LogP contribution is 2.29. The molecule has 3 heterocycles. The molecule has 2 aromatic heterocycles. The highest BCUT2D eigenvalue weighted by atomic mass is 35.5. The number of fused-ring (bicyclic) bond motifs is 1. The molecule has 8 nitrogen and oxygen atoms in total. The molecule has 1 amide bonds.